The first-order valence-corrected chi connectivity index (χ1v) is 5.27. The lowest BCUT2D eigenvalue weighted by Crippen LogP contribution is -2.22. The van der Waals surface area contributed by atoms with Gasteiger partial charge in [-0.3, -0.25) is 14.4 Å². The van der Waals surface area contributed by atoms with Crippen LogP contribution in [0.3, 0.4) is 0 Å². The molecule has 4 heteroatoms. The average Bonchev–Trinajstić information content (AvgIpc) is 2.30. The zero-order valence-corrected chi connectivity index (χ0v) is 9.16. The number of fused-ring (bicyclic) bond motifs is 1. The van der Waals surface area contributed by atoms with Gasteiger partial charge in [0.15, 0.2) is 5.78 Å². The highest BCUT2D eigenvalue weighted by molar-refractivity contribution is 6.21. The van der Waals surface area contributed by atoms with Crippen LogP contribution in [0.2, 0.25) is 0 Å². The first-order valence-electron chi connectivity index (χ1n) is 5.27. The first kappa shape index (κ1) is 11.3. The highest BCUT2D eigenvalue weighted by atomic mass is 16.1. The highest BCUT2D eigenvalue weighted by Gasteiger charge is 2.23. The number of rotatable bonds is 3. The molecule has 0 saturated heterocycles. The van der Waals surface area contributed by atoms with Gasteiger partial charge in [0.25, 0.3) is 0 Å². The molecule has 0 unspecified atom stereocenters. The van der Waals surface area contributed by atoms with Crippen molar-refractivity contribution in [3.8, 4) is 0 Å². The van der Waals surface area contributed by atoms with Gasteiger partial charge in [0, 0.05) is 6.07 Å². The van der Waals surface area contributed by atoms with E-state index in [-0.39, 0.29) is 22.8 Å². The van der Waals surface area contributed by atoms with Crippen molar-refractivity contribution in [3.05, 3.63) is 58.0 Å². The van der Waals surface area contributed by atoms with Crippen molar-refractivity contribution >= 4 is 11.6 Å². The molecule has 0 radical (unpaired) electrons. The maximum Gasteiger partial charge on any atom is 0.248 e. The number of allylic oxidation sites excluding steroid dienone is 3. The van der Waals surface area contributed by atoms with Gasteiger partial charge in [0.1, 0.15) is 5.69 Å². The quantitative estimate of drug-likeness (QED) is 0.797. The summed E-state index contributed by atoms with van der Waals surface area (Å²) in [6.07, 6.45) is 5.31. The van der Waals surface area contributed by atoms with Gasteiger partial charge in [0.2, 0.25) is 11.3 Å². The maximum absolute atomic E-state index is 11.7. The van der Waals surface area contributed by atoms with Gasteiger partial charge in [-0.25, -0.2) is 0 Å². The number of carbonyl (C=O) groups excluding carboxylic acids is 2. The van der Waals surface area contributed by atoms with Crippen LogP contribution in [0.15, 0.2) is 35.7 Å². The van der Waals surface area contributed by atoms with E-state index in [4.69, 9.17) is 0 Å². The SMILES string of the molecule is C=CCCc1cc(=O)[nH]c2c1C(=O)C=CC2=O. The van der Waals surface area contributed by atoms with Crippen LogP contribution < -0.4 is 5.56 Å². The van der Waals surface area contributed by atoms with E-state index in [1.807, 2.05) is 0 Å². The molecule has 0 bridgehead atoms. The van der Waals surface area contributed by atoms with Crippen LogP contribution in [0, 0.1) is 0 Å². The van der Waals surface area contributed by atoms with E-state index in [0.717, 1.165) is 0 Å². The summed E-state index contributed by atoms with van der Waals surface area (Å²) < 4.78 is 0. The molecule has 0 aliphatic heterocycles. The number of carbonyl (C=O) groups is 2. The fourth-order valence-corrected chi connectivity index (χ4v) is 1.85. The summed E-state index contributed by atoms with van der Waals surface area (Å²) in [5, 5.41) is 0. The summed E-state index contributed by atoms with van der Waals surface area (Å²) in [6.45, 7) is 3.59. The lowest BCUT2D eigenvalue weighted by atomic mass is 9.93. The van der Waals surface area contributed by atoms with Crippen LogP contribution in [0.25, 0.3) is 0 Å². The molecule has 0 spiro atoms. The minimum absolute atomic E-state index is 0.101. The number of aromatic amines is 1. The molecule has 1 aliphatic rings. The predicted octanol–water partition coefficient (Wildman–Crippen LogP) is 1.43. The number of aromatic nitrogens is 1. The van der Waals surface area contributed by atoms with Gasteiger partial charge in [-0.1, -0.05) is 6.08 Å². The van der Waals surface area contributed by atoms with Crippen molar-refractivity contribution in [2.75, 3.05) is 0 Å². The van der Waals surface area contributed by atoms with Gasteiger partial charge in [-0.15, -0.1) is 6.58 Å². The van der Waals surface area contributed by atoms with Crippen LogP contribution in [0.1, 0.15) is 32.8 Å². The lowest BCUT2D eigenvalue weighted by molar-refractivity contribution is 0.0989. The molecule has 4 nitrogen and oxygen atoms in total. The second-order valence-corrected chi connectivity index (χ2v) is 3.80. The van der Waals surface area contributed by atoms with E-state index in [9.17, 15) is 14.4 Å². The Hall–Kier alpha value is -2.23. The van der Waals surface area contributed by atoms with E-state index < -0.39 is 0 Å². The number of aryl methyl sites for hydroxylation is 1. The molecule has 1 aliphatic carbocycles. The Morgan fingerprint density at radius 2 is 1.88 bits per heavy atom. The molecule has 1 aromatic rings. The molecule has 0 fully saturated rings. The normalized spacial score (nSPS) is 13.6. The number of H-pyrrole nitrogens is 1. The average molecular weight is 229 g/mol. The number of ketones is 2. The van der Waals surface area contributed by atoms with Gasteiger partial charge >= 0.3 is 0 Å². The van der Waals surface area contributed by atoms with Gasteiger partial charge in [-0.2, -0.15) is 0 Å². The molecule has 2 rings (SSSR count). The Bertz CT molecular complexity index is 593. The van der Waals surface area contributed by atoms with Crippen molar-refractivity contribution in [2.24, 2.45) is 0 Å². The fraction of sp³-hybridized carbons (Fsp3) is 0.154. The molecule has 1 N–H and O–H groups in total. The van der Waals surface area contributed by atoms with E-state index in [2.05, 4.69) is 11.6 Å². The van der Waals surface area contributed by atoms with E-state index in [1.54, 1.807) is 6.08 Å². The number of pyridine rings is 1. The molecule has 86 valence electrons. The topological polar surface area (TPSA) is 67.0 Å². The summed E-state index contributed by atoms with van der Waals surface area (Å²) in [7, 11) is 0. The summed E-state index contributed by atoms with van der Waals surface area (Å²) in [6, 6.07) is 1.37. The Morgan fingerprint density at radius 1 is 1.18 bits per heavy atom. The Balaban J connectivity index is 2.62. The summed E-state index contributed by atoms with van der Waals surface area (Å²) in [4.78, 5) is 37.1. The highest BCUT2D eigenvalue weighted by Crippen LogP contribution is 2.18. The van der Waals surface area contributed by atoms with E-state index >= 15 is 0 Å². The Morgan fingerprint density at radius 3 is 2.59 bits per heavy atom. The molecule has 0 amide bonds. The fourth-order valence-electron chi connectivity index (χ4n) is 1.85. The molecular weight excluding hydrogens is 218 g/mol. The zero-order chi connectivity index (χ0) is 12.4. The molecular formula is C13H11NO3. The third-order valence-corrected chi connectivity index (χ3v) is 2.62. The minimum atomic E-state index is -0.362. The minimum Gasteiger partial charge on any atom is -0.319 e. The van der Waals surface area contributed by atoms with Crippen molar-refractivity contribution in [3.63, 3.8) is 0 Å². The third kappa shape index (κ3) is 2.01. The summed E-state index contributed by atoms with van der Waals surface area (Å²) in [5.74, 6) is -0.577. The van der Waals surface area contributed by atoms with Crippen molar-refractivity contribution < 1.29 is 9.59 Å². The molecule has 0 saturated carbocycles. The second kappa shape index (κ2) is 4.33. The standard InChI is InChI=1S/C13H11NO3/c1-2-3-4-8-7-11(17)14-13-10(16)6-5-9(15)12(8)13/h2,5-7H,1,3-4H2,(H,14,17). The molecule has 0 atom stereocenters. The van der Waals surface area contributed by atoms with Crippen molar-refractivity contribution in [2.45, 2.75) is 12.8 Å². The number of hydrogen-bond acceptors (Lipinski definition) is 3. The molecule has 1 aromatic heterocycles. The Kier molecular flexibility index (Phi) is 2.87. The van der Waals surface area contributed by atoms with E-state index in [1.165, 1.54) is 18.2 Å². The molecule has 0 aromatic carbocycles. The van der Waals surface area contributed by atoms with Crippen molar-refractivity contribution in [1.82, 2.24) is 4.98 Å². The first-order chi connectivity index (χ1) is 8.13. The Labute approximate surface area is 97.7 Å². The maximum atomic E-state index is 11.7. The monoisotopic (exact) mass is 229 g/mol. The molecule has 17 heavy (non-hydrogen) atoms. The second-order valence-electron chi connectivity index (χ2n) is 3.80. The number of hydrogen-bond donors (Lipinski definition) is 1. The largest absolute Gasteiger partial charge is 0.319 e. The number of nitrogens with one attached hydrogen (secondary N) is 1. The van der Waals surface area contributed by atoms with Crippen LogP contribution in [-0.4, -0.2) is 16.6 Å². The van der Waals surface area contributed by atoms with Gasteiger partial charge in [-0.05, 0) is 30.6 Å². The lowest BCUT2D eigenvalue weighted by Gasteiger charge is -2.12. The summed E-state index contributed by atoms with van der Waals surface area (Å²) in [5.41, 5.74) is 0.661. The summed E-state index contributed by atoms with van der Waals surface area (Å²) >= 11 is 0. The van der Waals surface area contributed by atoms with Gasteiger partial charge in [0.05, 0.1) is 5.56 Å². The molecule has 1 heterocycles. The predicted molar refractivity (Wildman–Crippen MR) is 63.4 cm³/mol. The van der Waals surface area contributed by atoms with Gasteiger partial charge < -0.3 is 4.98 Å². The zero-order valence-electron chi connectivity index (χ0n) is 9.16. The third-order valence-electron chi connectivity index (χ3n) is 2.62. The van der Waals surface area contributed by atoms with Crippen LogP contribution >= 0.6 is 0 Å². The van der Waals surface area contributed by atoms with Crippen LogP contribution in [-0.2, 0) is 6.42 Å². The van der Waals surface area contributed by atoms with E-state index in [0.29, 0.717) is 24.0 Å². The van der Waals surface area contributed by atoms with Crippen LogP contribution in [0.5, 0.6) is 0 Å². The smallest absolute Gasteiger partial charge is 0.248 e. The van der Waals surface area contributed by atoms with Crippen LogP contribution in [0.4, 0.5) is 0 Å². The van der Waals surface area contributed by atoms with Crippen molar-refractivity contribution in [1.29, 1.82) is 0 Å².